The van der Waals surface area contributed by atoms with Crippen LogP contribution < -0.4 is 4.90 Å². The molecule has 2 aromatic rings. The van der Waals surface area contributed by atoms with Crippen molar-refractivity contribution in [3.8, 4) is 0 Å². The number of rotatable bonds is 5. The van der Waals surface area contributed by atoms with Gasteiger partial charge in [-0.2, -0.15) is 0 Å². The van der Waals surface area contributed by atoms with Gasteiger partial charge in [-0.1, -0.05) is 60.7 Å². The van der Waals surface area contributed by atoms with Gasteiger partial charge in [-0.25, -0.2) is 0 Å². The molecule has 0 spiro atoms. The molecule has 4 rings (SSSR count). The van der Waals surface area contributed by atoms with E-state index in [1.807, 2.05) is 72.8 Å². The number of carboxylic acids is 1. The second-order valence-electron chi connectivity index (χ2n) is 7.08. The molecule has 4 heteroatoms. The molecule has 26 heavy (non-hydrogen) atoms. The average molecular weight is 347 g/mol. The fourth-order valence-corrected chi connectivity index (χ4v) is 4.35. The van der Waals surface area contributed by atoms with E-state index in [2.05, 4.69) is 0 Å². The first kappa shape index (κ1) is 16.6. The van der Waals surface area contributed by atoms with Crippen LogP contribution in [0.2, 0.25) is 0 Å². The fraction of sp³-hybridized carbons (Fsp3) is 0.273. The van der Waals surface area contributed by atoms with Crippen molar-refractivity contribution in [3.63, 3.8) is 0 Å². The maximum absolute atomic E-state index is 13.5. The number of benzene rings is 2. The lowest BCUT2D eigenvalue weighted by molar-refractivity contribution is -0.147. The van der Waals surface area contributed by atoms with Crippen molar-refractivity contribution in [1.29, 1.82) is 0 Å². The van der Waals surface area contributed by atoms with E-state index in [9.17, 15) is 14.7 Å². The van der Waals surface area contributed by atoms with Crippen LogP contribution in [0.15, 0.2) is 72.8 Å². The Kier molecular flexibility index (Phi) is 4.33. The summed E-state index contributed by atoms with van der Waals surface area (Å²) in [6, 6.07) is 19.3. The summed E-state index contributed by atoms with van der Waals surface area (Å²) >= 11 is 0. The van der Waals surface area contributed by atoms with Crippen LogP contribution in [0.1, 0.15) is 12.0 Å². The molecular weight excluding hydrogens is 326 g/mol. The van der Waals surface area contributed by atoms with Crippen molar-refractivity contribution in [1.82, 2.24) is 0 Å². The fourth-order valence-electron chi connectivity index (χ4n) is 4.35. The number of aliphatic carboxylic acids is 1. The quantitative estimate of drug-likeness (QED) is 0.838. The summed E-state index contributed by atoms with van der Waals surface area (Å²) in [5, 5.41) is 9.69. The van der Waals surface area contributed by atoms with Gasteiger partial charge < -0.3 is 10.0 Å². The standard InChI is InChI=1S/C22H21NO3/c24-21(19-16-11-12-17(13-16)20(19)22(25)26)23(18-9-5-2-6-10-18)14-15-7-3-1-4-8-15/h1-12,16-17,19-20H,13-14H2,(H,25,26). The normalized spacial score (nSPS) is 26.0. The van der Waals surface area contributed by atoms with E-state index in [0.717, 1.165) is 17.7 Å². The molecule has 0 radical (unpaired) electrons. The van der Waals surface area contributed by atoms with Gasteiger partial charge in [-0.05, 0) is 36.0 Å². The van der Waals surface area contributed by atoms with Crippen LogP contribution in [0.5, 0.6) is 0 Å². The molecule has 1 amide bonds. The average Bonchev–Trinajstić information content (AvgIpc) is 3.28. The third kappa shape index (κ3) is 2.92. The number of para-hydroxylation sites is 1. The Bertz CT molecular complexity index is 831. The molecule has 4 nitrogen and oxygen atoms in total. The second-order valence-corrected chi connectivity index (χ2v) is 7.08. The molecule has 0 heterocycles. The molecule has 0 aromatic heterocycles. The van der Waals surface area contributed by atoms with Crippen LogP contribution in [0.3, 0.4) is 0 Å². The molecular formula is C22H21NO3. The SMILES string of the molecule is O=C(O)C1C2C=CC(C2)C1C(=O)N(Cc1ccccc1)c1ccccc1. The number of fused-ring (bicyclic) bond motifs is 2. The van der Waals surface area contributed by atoms with Crippen LogP contribution >= 0.6 is 0 Å². The number of carboxylic acid groups (broad SMARTS) is 1. The zero-order valence-corrected chi connectivity index (χ0v) is 14.4. The minimum absolute atomic E-state index is 0.0237. The molecule has 2 bridgehead atoms. The first-order valence-electron chi connectivity index (χ1n) is 8.96. The third-order valence-corrected chi connectivity index (χ3v) is 5.55. The highest BCUT2D eigenvalue weighted by Crippen LogP contribution is 2.49. The number of nitrogens with zero attached hydrogens (tertiary/aromatic N) is 1. The Morgan fingerprint density at radius 2 is 1.46 bits per heavy atom. The minimum atomic E-state index is -0.868. The highest BCUT2D eigenvalue weighted by molar-refractivity contribution is 5.98. The number of anilines is 1. The number of allylic oxidation sites excluding steroid dienone is 2. The van der Waals surface area contributed by atoms with E-state index in [1.54, 1.807) is 4.90 Å². The number of amides is 1. The summed E-state index contributed by atoms with van der Waals surface area (Å²) in [6.45, 7) is 0.438. The van der Waals surface area contributed by atoms with Crippen molar-refractivity contribution in [2.24, 2.45) is 23.7 Å². The van der Waals surface area contributed by atoms with Crippen LogP contribution in [-0.2, 0) is 16.1 Å². The molecule has 4 unspecified atom stereocenters. The van der Waals surface area contributed by atoms with E-state index < -0.39 is 17.8 Å². The minimum Gasteiger partial charge on any atom is -0.481 e. The molecule has 0 aliphatic heterocycles. The zero-order valence-electron chi connectivity index (χ0n) is 14.4. The highest BCUT2D eigenvalue weighted by Gasteiger charge is 2.52. The Labute approximate surface area is 152 Å². The summed E-state index contributed by atoms with van der Waals surface area (Å²) in [5.41, 5.74) is 1.83. The first-order chi connectivity index (χ1) is 12.6. The molecule has 132 valence electrons. The Balaban J connectivity index is 1.68. The van der Waals surface area contributed by atoms with Gasteiger partial charge in [0, 0.05) is 5.69 Å². The molecule has 2 aromatic carbocycles. The van der Waals surface area contributed by atoms with Crippen molar-refractivity contribution >= 4 is 17.6 Å². The molecule has 1 saturated carbocycles. The van der Waals surface area contributed by atoms with Crippen molar-refractivity contribution in [2.75, 3.05) is 4.90 Å². The largest absolute Gasteiger partial charge is 0.481 e. The third-order valence-electron chi connectivity index (χ3n) is 5.55. The molecule has 2 aliphatic rings. The summed E-state index contributed by atoms with van der Waals surface area (Å²) in [5.74, 6) is -2.08. The van der Waals surface area contributed by atoms with E-state index >= 15 is 0 Å². The van der Waals surface area contributed by atoms with Gasteiger partial charge in [0.25, 0.3) is 0 Å². The van der Waals surface area contributed by atoms with Crippen LogP contribution in [0.25, 0.3) is 0 Å². The van der Waals surface area contributed by atoms with E-state index in [1.165, 1.54) is 0 Å². The van der Waals surface area contributed by atoms with Gasteiger partial charge >= 0.3 is 5.97 Å². The van der Waals surface area contributed by atoms with E-state index in [-0.39, 0.29) is 17.7 Å². The number of carbonyl (C=O) groups excluding carboxylic acids is 1. The Hall–Kier alpha value is -2.88. The summed E-state index contributed by atoms with van der Waals surface area (Å²) in [7, 11) is 0. The Morgan fingerprint density at radius 1 is 0.885 bits per heavy atom. The predicted octanol–water partition coefficient (Wildman–Crippen LogP) is 3.74. The maximum atomic E-state index is 13.5. The van der Waals surface area contributed by atoms with Gasteiger partial charge in [0.05, 0.1) is 18.4 Å². The van der Waals surface area contributed by atoms with Crippen LogP contribution in [0, 0.1) is 23.7 Å². The van der Waals surface area contributed by atoms with Crippen molar-refractivity contribution in [2.45, 2.75) is 13.0 Å². The van der Waals surface area contributed by atoms with Crippen LogP contribution in [-0.4, -0.2) is 17.0 Å². The number of carbonyl (C=O) groups is 2. The summed E-state index contributed by atoms with van der Waals surface area (Å²) < 4.78 is 0. The highest BCUT2D eigenvalue weighted by atomic mass is 16.4. The predicted molar refractivity (Wildman–Crippen MR) is 99.4 cm³/mol. The molecule has 2 aliphatic carbocycles. The van der Waals surface area contributed by atoms with E-state index in [4.69, 9.17) is 0 Å². The molecule has 1 fully saturated rings. The van der Waals surface area contributed by atoms with E-state index in [0.29, 0.717) is 6.54 Å². The zero-order chi connectivity index (χ0) is 18.1. The first-order valence-corrected chi connectivity index (χ1v) is 8.96. The van der Waals surface area contributed by atoms with Crippen molar-refractivity contribution in [3.05, 3.63) is 78.4 Å². The second kappa shape index (κ2) is 6.79. The topological polar surface area (TPSA) is 57.6 Å². The van der Waals surface area contributed by atoms with Gasteiger partial charge in [0.15, 0.2) is 0 Å². The number of hydrogen-bond acceptors (Lipinski definition) is 2. The number of hydrogen-bond donors (Lipinski definition) is 1. The smallest absolute Gasteiger partial charge is 0.307 e. The van der Waals surface area contributed by atoms with Gasteiger partial charge in [0.1, 0.15) is 0 Å². The Morgan fingerprint density at radius 3 is 2.08 bits per heavy atom. The lowest BCUT2D eigenvalue weighted by Crippen LogP contribution is -2.42. The lowest BCUT2D eigenvalue weighted by atomic mass is 9.82. The molecule has 0 saturated heterocycles. The monoisotopic (exact) mass is 347 g/mol. The van der Waals surface area contributed by atoms with Crippen molar-refractivity contribution < 1.29 is 14.7 Å². The summed E-state index contributed by atoms with van der Waals surface area (Å²) in [6.07, 6.45) is 4.76. The van der Waals surface area contributed by atoms with Gasteiger partial charge in [-0.3, -0.25) is 9.59 Å². The lowest BCUT2D eigenvalue weighted by Gasteiger charge is -2.31. The van der Waals surface area contributed by atoms with Crippen LogP contribution in [0.4, 0.5) is 5.69 Å². The van der Waals surface area contributed by atoms with Gasteiger partial charge in [-0.15, -0.1) is 0 Å². The molecule has 4 atom stereocenters. The summed E-state index contributed by atoms with van der Waals surface area (Å²) in [4.78, 5) is 27.0. The maximum Gasteiger partial charge on any atom is 0.307 e. The van der Waals surface area contributed by atoms with Gasteiger partial charge in [0.2, 0.25) is 5.91 Å². The molecule has 1 N–H and O–H groups in total.